The van der Waals surface area contributed by atoms with Crippen LogP contribution in [0.1, 0.15) is 39.7 Å². The lowest BCUT2D eigenvalue weighted by atomic mass is 10.0. The van der Waals surface area contributed by atoms with E-state index >= 15 is 0 Å². The molecule has 1 aliphatic heterocycles. The summed E-state index contributed by atoms with van der Waals surface area (Å²) in [4.78, 5) is 51.6. The van der Waals surface area contributed by atoms with Crippen LogP contribution >= 0.6 is 0 Å². The van der Waals surface area contributed by atoms with E-state index in [4.69, 9.17) is 10.5 Å². The molecule has 0 aromatic heterocycles. The van der Waals surface area contributed by atoms with Gasteiger partial charge in [-0.2, -0.15) is 0 Å². The molecule has 1 saturated heterocycles. The molecule has 1 heterocycles. The minimum absolute atomic E-state index is 0.0572. The summed E-state index contributed by atoms with van der Waals surface area (Å²) >= 11 is 0. The Labute approximate surface area is 200 Å². The maximum Gasteiger partial charge on any atom is 0.315 e. The maximum atomic E-state index is 13.2. The predicted molar refractivity (Wildman–Crippen MR) is 128 cm³/mol. The van der Waals surface area contributed by atoms with Crippen LogP contribution in [0.25, 0.3) is 0 Å². The molecule has 0 spiro atoms. The van der Waals surface area contributed by atoms with E-state index in [1.54, 1.807) is 45.2 Å². The number of amides is 5. The zero-order chi connectivity index (χ0) is 25.4. The number of likely N-dealkylation sites (tertiary alicyclic amines) is 1. The highest BCUT2D eigenvalue weighted by molar-refractivity contribution is 5.95. The maximum absolute atomic E-state index is 13.2. The average molecular weight is 474 g/mol. The predicted octanol–water partition coefficient (Wildman–Crippen LogP) is 0.851. The number of carbonyl (C=O) groups excluding carboxylic acids is 4. The average Bonchev–Trinajstić information content (AvgIpc) is 3.16. The van der Waals surface area contributed by atoms with Gasteiger partial charge in [0.15, 0.2) is 0 Å². The Bertz CT molecular complexity index is 924. The van der Waals surface area contributed by atoms with Gasteiger partial charge in [-0.3, -0.25) is 14.4 Å². The number of rotatable bonds is 9. The molecule has 1 fully saturated rings. The highest BCUT2D eigenvalue weighted by atomic mass is 16.5. The number of benzene rings is 1. The Hall–Kier alpha value is -3.56. The van der Waals surface area contributed by atoms with Crippen molar-refractivity contribution in [3.8, 4) is 5.75 Å². The van der Waals surface area contributed by atoms with Crippen LogP contribution in [0.5, 0.6) is 5.75 Å². The number of ether oxygens (including phenoxy) is 1. The monoisotopic (exact) mass is 473 g/mol. The summed E-state index contributed by atoms with van der Waals surface area (Å²) in [5, 5.41) is 8.24. The molecule has 3 atom stereocenters. The Balaban J connectivity index is 2.16. The molecule has 1 aromatic rings. The Morgan fingerprint density at radius 2 is 1.79 bits per heavy atom. The molecule has 0 unspecified atom stereocenters. The van der Waals surface area contributed by atoms with Gasteiger partial charge in [0.1, 0.15) is 17.8 Å². The first-order valence-electron chi connectivity index (χ1n) is 11.2. The third-order valence-electron chi connectivity index (χ3n) is 5.31. The van der Waals surface area contributed by atoms with E-state index in [1.165, 1.54) is 11.0 Å². The summed E-state index contributed by atoms with van der Waals surface area (Å²) in [6, 6.07) is 4.42. The lowest BCUT2D eigenvalue weighted by molar-refractivity contribution is -0.136. The quantitative estimate of drug-likeness (QED) is 0.393. The lowest BCUT2D eigenvalue weighted by Gasteiger charge is -2.25. The smallest absolute Gasteiger partial charge is 0.315 e. The van der Waals surface area contributed by atoms with Crippen LogP contribution in [-0.2, 0) is 20.8 Å². The van der Waals surface area contributed by atoms with Gasteiger partial charge in [0.05, 0.1) is 13.2 Å². The number of carbonyl (C=O) groups is 4. The van der Waals surface area contributed by atoms with Crippen molar-refractivity contribution in [3.63, 3.8) is 0 Å². The van der Waals surface area contributed by atoms with Crippen LogP contribution in [0.4, 0.5) is 4.79 Å². The SMILES string of the molecule is COc1ccc(C[C@H](NC(=O)[C@@H]2C[C@H](NC(=O)NC(C)C)CN2C(=O)C=C(C)C)C(N)=O)cc1. The zero-order valence-corrected chi connectivity index (χ0v) is 20.4. The van der Waals surface area contributed by atoms with E-state index in [0.29, 0.717) is 5.75 Å². The summed E-state index contributed by atoms with van der Waals surface area (Å²) < 4.78 is 5.14. The standard InChI is InChI=1S/C24H35N5O5/c1-14(2)10-21(30)29-13-17(27-24(33)26-15(3)4)12-20(29)23(32)28-19(22(25)31)11-16-6-8-18(34-5)9-7-16/h6-10,15,17,19-20H,11-13H2,1-5H3,(H2,25,31)(H,28,32)(H2,26,27,33)/t17-,19-,20-/m0/s1. The fourth-order valence-corrected chi connectivity index (χ4v) is 3.74. The number of nitrogens with one attached hydrogen (secondary N) is 3. The number of allylic oxidation sites excluding steroid dienone is 1. The van der Waals surface area contributed by atoms with Gasteiger partial charge in [0.25, 0.3) is 0 Å². The molecule has 0 radical (unpaired) electrons. The van der Waals surface area contributed by atoms with E-state index in [9.17, 15) is 19.2 Å². The topological polar surface area (TPSA) is 143 Å². The third-order valence-corrected chi connectivity index (χ3v) is 5.31. The molecule has 1 aromatic carbocycles. The van der Waals surface area contributed by atoms with Crippen LogP contribution in [-0.4, -0.2) is 66.5 Å². The number of methoxy groups -OCH3 is 1. The van der Waals surface area contributed by atoms with Crippen molar-refractivity contribution in [3.05, 3.63) is 41.5 Å². The number of nitrogens with zero attached hydrogens (tertiary/aromatic N) is 1. The van der Waals surface area contributed by atoms with Gasteiger partial charge < -0.3 is 31.3 Å². The van der Waals surface area contributed by atoms with Crippen molar-refractivity contribution in [1.82, 2.24) is 20.9 Å². The third kappa shape index (κ3) is 7.79. The van der Waals surface area contributed by atoms with E-state index < -0.39 is 29.9 Å². The van der Waals surface area contributed by atoms with Gasteiger partial charge in [-0.25, -0.2) is 4.79 Å². The molecular weight excluding hydrogens is 438 g/mol. The van der Waals surface area contributed by atoms with Crippen molar-refractivity contribution < 1.29 is 23.9 Å². The van der Waals surface area contributed by atoms with Gasteiger partial charge in [-0.15, -0.1) is 0 Å². The van der Waals surface area contributed by atoms with Crippen molar-refractivity contribution in [1.29, 1.82) is 0 Å². The zero-order valence-electron chi connectivity index (χ0n) is 20.4. The molecular formula is C24H35N5O5. The number of hydrogen-bond acceptors (Lipinski definition) is 5. The van der Waals surface area contributed by atoms with E-state index in [-0.39, 0.29) is 37.4 Å². The first-order valence-corrected chi connectivity index (χ1v) is 11.2. The van der Waals surface area contributed by atoms with Crippen LogP contribution in [0.15, 0.2) is 35.9 Å². The minimum atomic E-state index is -0.961. The Morgan fingerprint density at radius 1 is 1.15 bits per heavy atom. The van der Waals surface area contributed by atoms with Crippen molar-refractivity contribution >= 4 is 23.8 Å². The summed E-state index contributed by atoms with van der Waals surface area (Å²) in [6.07, 6.45) is 1.85. The molecule has 2 rings (SSSR count). The van der Waals surface area contributed by atoms with Gasteiger partial charge in [0, 0.05) is 25.1 Å². The molecule has 0 bridgehead atoms. The highest BCUT2D eigenvalue weighted by Crippen LogP contribution is 2.20. The van der Waals surface area contributed by atoms with Gasteiger partial charge >= 0.3 is 6.03 Å². The molecule has 5 N–H and O–H groups in total. The van der Waals surface area contributed by atoms with Crippen molar-refractivity contribution in [2.75, 3.05) is 13.7 Å². The summed E-state index contributed by atoms with van der Waals surface area (Å²) in [5.41, 5.74) is 7.13. The van der Waals surface area contributed by atoms with E-state index in [1.807, 2.05) is 13.8 Å². The number of nitrogens with two attached hydrogens (primary N) is 1. The normalized spacial score (nSPS) is 18.1. The van der Waals surface area contributed by atoms with Crippen LogP contribution in [0, 0.1) is 0 Å². The fraction of sp³-hybridized carbons (Fsp3) is 0.500. The largest absolute Gasteiger partial charge is 0.497 e. The lowest BCUT2D eigenvalue weighted by Crippen LogP contribution is -2.52. The van der Waals surface area contributed by atoms with Crippen LogP contribution in [0.2, 0.25) is 0 Å². The van der Waals surface area contributed by atoms with Gasteiger partial charge in [-0.1, -0.05) is 17.7 Å². The number of urea groups is 1. The van der Waals surface area contributed by atoms with Gasteiger partial charge in [-0.05, 0) is 51.8 Å². The van der Waals surface area contributed by atoms with Crippen molar-refractivity contribution in [2.24, 2.45) is 5.73 Å². The molecule has 10 nitrogen and oxygen atoms in total. The minimum Gasteiger partial charge on any atom is -0.497 e. The molecule has 0 saturated carbocycles. The first-order chi connectivity index (χ1) is 16.0. The molecule has 10 heteroatoms. The second kappa shape index (κ2) is 12.1. The van der Waals surface area contributed by atoms with Crippen LogP contribution < -0.4 is 26.4 Å². The molecule has 186 valence electrons. The Kier molecular flexibility index (Phi) is 9.47. The fourth-order valence-electron chi connectivity index (χ4n) is 3.74. The molecule has 34 heavy (non-hydrogen) atoms. The first kappa shape index (κ1) is 26.7. The van der Waals surface area contributed by atoms with E-state index in [0.717, 1.165) is 11.1 Å². The molecule has 0 aliphatic carbocycles. The molecule has 1 aliphatic rings. The van der Waals surface area contributed by atoms with Gasteiger partial charge in [0.2, 0.25) is 17.7 Å². The highest BCUT2D eigenvalue weighted by Gasteiger charge is 2.40. The summed E-state index contributed by atoms with van der Waals surface area (Å²) in [7, 11) is 1.56. The van der Waals surface area contributed by atoms with E-state index in [2.05, 4.69) is 16.0 Å². The summed E-state index contributed by atoms with van der Waals surface area (Å²) in [5.74, 6) is -0.848. The Morgan fingerprint density at radius 3 is 2.32 bits per heavy atom. The molecule has 5 amide bonds. The second-order valence-corrected chi connectivity index (χ2v) is 8.95. The second-order valence-electron chi connectivity index (χ2n) is 8.95. The summed E-state index contributed by atoms with van der Waals surface area (Å²) in [6.45, 7) is 7.41. The van der Waals surface area contributed by atoms with Crippen molar-refractivity contribution in [2.45, 2.75) is 64.7 Å². The number of hydrogen-bond donors (Lipinski definition) is 4. The van der Waals surface area contributed by atoms with Crippen LogP contribution in [0.3, 0.4) is 0 Å². The number of primary amides is 1.